The number of hydrogen-bond acceptors (Lipinski definition) is 5. The first kappa shape index (κ1) is 31.9. The quantitative estimate of drug-likeness (QED) is 0.215. The molecule has 0 bridgehead atoms. The Labute approximate surface area is 271 Å². The molecule has 3 aromatic carbocycles. The standard InChI is InChI=1S/C39H43FN2O4/c1-24-34(29-12-13-31-23-42(19-17-27(31)21-29)18-16-26-9-6-7-11-32(26)40)36(30-14-15-33-28(22-30)10-8-20-45-33)35(25(2)41-24)37(38(43)44)46-39(3,4)5/h6-7,9,11-15,21-22,37H,8,10,16-20,23H2,1-5H3,(H,43,44)/t37-/m0/s1. The number of aryl methyl sites for hydroxylation is 3. The van der Waals surface area contributed by atoms with Gasteiger partial charge in [-0.05, 0) is 117 Å². The van der Waals surface area contributed by atoms with E-state index in [4.69, 9.17) is 14.5 Å². The molecule has 0 spiro atoms. The lowest BCUT2D eigenvalue weighted by molar-refractivity contribution is -0.160. The van der Waals surface area contributed by atoms with Crippen LogP contribution in [0.15, 0.2) is 60.7 Å². The summed E-state index contributed by atoms with van der Waals surface area (Å²) in [4.78, 5) is 20.2. The van der Waals surface area contributed by atoms with Crippen LogP contribution >= 0.6 is 0 Å². The number of rotatable bonds is 8. The van der Waals surface area contributed by atoms with Crippen molar-refractivity contribution in [2.45, 2.75) is 78.6 Å². The zero-order valence-corrected chi connectivity index (χ0v) is 27.5. The maximum Gasteiger partial charge on any atom is 0.337 e. The van der Waals surface area contributed by atoms with Crippen LogP contribution < -0.4 is 4.74 Å². The van der Waals surface area contributed by atoms with Crippen molar-refractivity contribution in [3.05, 3.63) is 106 Å². The molecule has 1 aromatic heterocycles. The predicted octanol–water partition coefficient (Wildman–Crippen LogP) is 8.04. The van der Waals surface area contributed by atoms with Gasteiger partial charge in [-0.2, -0.15) is 0 Å². The third kappa shape index (κ3) is 6.72. The summed E-state index contributed by atoms with van der Waals surface area (Å²) in [6.45, 7) is 12.7. The van der Waals surface area contributed by atoms with Gasteiger partial charge in [-0.25, -0.2) is 9.18 Å². The second kappa shape index (κ2) is 13.0. The minimum atomic E-state index is -1.20. The van der Waals surface area contributed by atoms with E-state index in [1.807, 2.05) is 58.9 Å². The van der Waals surface area contributed by atoms with Gasteiger partial charge in [0, 0.05) is 42.1 Å². The highest BCUT2D eigenvalue weighted by Gasteiger charge is 2.34. The van der Waals surface area contributed by atoms with Crippen LogP contribution in [0.5, 0.6) is 5.75 Å². The predicted molar refractivity (Wildman–Crippen MR) is 179 cm³/mol. The van der Waals surface area contributed by atoms with E-state index >= 15 is 0 Å². The molecule has 46 heavy (non-hydrogen) atoms. The van der Waals surface area contributed by atoms with E-state index in [1.54, 1.807) is 6.07 Å². The van der Waals surface area contributed by atoms with Gasteiger partial charge in [-0.1, -0.05) is 42.5 Å². The van der Waals surface area contributed by atoms with Gasteiger partial charge in [0.25, 0.3) is 0 Å². The number of halogens is 1. The lowest BCUT2D eigenvalue weighted by Gasteiger charge is -2.31. The molecule has 6 nitrogen and oxygen atoms in total. The number of benzene rings is 3. The fraction of sp³-hybridized carbons (Fsp3) is 0.385. The number of aromatic nitrogens is 1. The molecular formula is C39H43FN2O4. The zero-order chi connectivity index (χ0) is 32.6. The van der Waals surface area contributed by atoms with Crippen LogP contribution in [0.1, 0.15) is 72.5 Å². The summed E-state index contributed by atoms with van der Waals surface area (Å²) >= 11 is 0. The summed E-state index contributed by atoms with van der Waals surface area (Å²) in [5.74, 6) is -0.306. The Balaban J connectivity index is 1.43. The highest BCUT2D eigenvalue weighted by Crippen LogP contribution is 2.44. The van der Waals surface area contributed by atoms with Crippen LogP contribution in [-0.4, -0.2) is 46.3 Å². The van der Waals surface area contributed by atoms with Gasteiger partial charge in [0.05, 0.1) is 12.2 Å². The van der Waals surface area contributed by atoms with E-state index in [0.717, 1.165) is 83.7 Å². The smallest absolute Gasteiger partial charge is 0.337 e. The molecule has 2 aliphatic heterocycles. The molecule has 3 heterocycles. The monoisotopic (exact) mass is 622 g/mol. The van der Waals surface area contributed by atoms with Gasteiger partial charge >= 0.3 is 5.97 Å². The Morgan fingerprint density at radius 1 is 0.978 bits per heavy atom. The van der Waals surface area contributed by atoms with Crippen LogP contribution in [-0.2, 0) is 35.3 Å². The SMILES string of the molecule is Cc1nc(C)c([C@H](OC(C)(C)C)C(=O)O)c(-c2ccc3c(c2)CCCO3)c1-c1ccc2c(c1)CCN(CCc1ccccc1F)C2. The molecule has 240 valence electrons. The molecule has 4 aromatic rings. The van der Waals surface area contributed by atoms with E-state index in [1.165, 1.54) is 17.2 Å². The van der Waals surface area contributed by atoms with Gasteiger partial charge in [0.1, 0.15) is 11.6 Å². The Hall–Kier alpha value is -4.07. The highest BCUT2D eigenvalue weighted by molar-refractivity contribution is 5.91. The lowest BCUT2D eigenvalue weighted by Crippen LogP contribution is -2.32. The Morgan fingerprint density at radius 3 is 2.48 bits per heavy atom. The summed E-state index contributed by atoms with van der Waals surface area (Å²) in [6, 6.07) is 19.8. The van der Waals surface area contributed by atoms with Crippen LogP contribution in [0.25, 0.3) is 22.3 Å². The molecule has 0 fully saturated rings. The summed E-state index contributed by atoms with van der Waals surface area (Å²) in [6.07, 6.45) is 2.20. The normalized spacial score (nSPS) is 15.5. The van der Waals surface area contributed by atoms with E-state index in [0.29, 0.717) is 24.3 Å². The third-order valence-corrected chi connectivity index (χ3v) is 9.00. The second-order valence-corrected chi connectivity index (χ2v) is 13.5. The Morgan fingerprint density at radius 2 is 1.72 bits per heavy atom. The first-order chi connectivity index (χ1) is 22.0. The van der Waals surface area contributed by atoms with Gasteiger partial charge in [0.15, 0.2) is 6.10 Å². The molecule has 0 unspecified atom stereocenters. The molecule has 1 N–H and O–H groups in total. The number of carboxylic acids is 1. The van der Waals surface area contributed by atoms with Crippen LogP contribution in [0.3, 0.4) is 0 Å². The van der Waals surface area contributed by atoms with Crippen molar-refractivity contribution in [3.63, 3.8) is 0 Å². The molecule has 0 radical (unpaired) electrons. The van der Waals surface area contributed by atoms with Crippen molar-refractivity contribution >= 4 is 5.97 Å². The zero-order valence-electron chi connectivity index (χ0n) is 27.5. The average molecular weight is 623 g/mol. The first-order valence-corrected chi connectivity index (χ1v) is 16.2. The van der Waals surface area contributed by atoms with Crippen LogP contribution in [0, 0.1) is 19.7 Å². The maximum atomic E-state index is 14.2. The van der Waals surface area contributed by atoms with Gasteiger partial charge < -0.3 is 14.6 Å². The number of ether oxygens (including phenoxy) is 2. The molecule has 0 saturated heterocycles. The Bertz CT molecular complexity index is 1780. The molecular weight excluding hydrogens is 579 g/mol. The number of aliphatic carboxylic acids is 1. The average Bonchev–Trinajstić information content (AvgIpc) is 3.02. The van der Waals surface area contributed by atoms with Crippen molar-refractivity contribution in [2.75, 3.05) is 19.7 Å². The summed E-state index contributed by atoms with van der Waals surface area (Å²) in [5.41, 5.74) is 9.48. The minimum Gasteiger partial charge on any atom is -0.493 e. The van der Waals surface area contributed by atoms with Crippen molar-refractivity contribution in [1.29, 1.82) is 0 Å². The summed E-state index contributed by atoms with van der Waals surface area (Å²) in [5, 5.41) is 10.5. The van der Waals surface area contributed by atoms with E-state index in [2.05, 4.69) is 29.2 Å². The summed E-state index contributed by atoms with van der Waals surface area (Å²) in [7, 11) is 0. The Kier molecular flexibility index (Phi) is 8.99. The van der Waals surface area contributed by atoms with E-state index in [9.17, 15) is 14.3 Å². The first-order valence-electron chi connectivity index (χ1n) is 16.2. The van der Waals surface area contributed by atoms with Gasteiger partial charge in [-0.3, -0.25) is 9.88 Å². The minimum absolute atomic E-state index is 0.147. The molecule has 0 saturated carbocycles. The maximum absolute atomic E-state index is 14.2. The fourth-order valence-electron chi connectivity index (χ4n) is 6.88. The number of pyridine rings is 1. The number of carbonyl (C=O) groups is 1. The van der Waals surface area contributed by atoms with Crippen molar-refractivity contribution in [3.8, 4) is 28.0 Å². The number of hydrogen-bond donors (Lipinski definition) is 1. The largest absolute Gasteiger partial charge is 0.493 e. The lowest BCUT2D eigenvalue weighted by atomic mass is 9.84. The molecule has 7 heteroatoms. The van der Waals surface area contributed by atoms with Gasteiger partial charge in [-0.15, -0.1) is 0 Å². The van der Waals surface area contributed by atoms with Crippen LogP contribution in [0.4, 0.5) is 4.39 Å². The molecule has 1 atom stereocenters. The van der Waals surface area contributed by atoms with E-state index < -0.39 is 17.7 Å². The molecule has 0 amide bonds. The second-order valence-electron chi connectivity index (χ2n) is 13.5. The molecule has 6 rings (SSSR count). The number of nitrogens with zero attached hydrogens (tertiary/aromatic N) is 2. The number of carboxylic acid groups (broad SMARTS) is 1. The number of fused-ring (bicyclic) bond motifs is 2. The molecule has 0 aliphatic carbocycles. The summed E-state index contributed by atoms with van der Waals surface area (Å²) < 4.78 is 26.4. The van der Waals surface area contributed by atoms with Gasteiger partial charge in [0.2, 0.25) is 0 Å². The third-order valence-electron chi connectivity index (χ3n) is 9.00. The highest BCUT2D eigenvalue weighted by atomic mass is 19.1. The van der Waals surface area contributed by atoms with E-state index in [-0.39, 0.29) is 5.82 Å². The van der Waals surface area contributed by atoms with Crippen molar-refractivity contribution in [2.24, 2.45) is 0 Å². The molecule has 2 aliphatic rings. The topological polar surface area (TPSA) is 71.9 Å². The van der Waals surface area contributed by atoms with Crippen LogP contribution in [0.2, 0.25) is 0 Å². The van der Waals surface area contributed by atoms with Crippen molar-refractivity contribution < 1.29 is 23.8 Å². The van der Waals surface area contributed by atoms with Crippen molar-refractivity contribution in [1.82, 2.24) is 9.88 Å². The fourth-order valence-corrected chi connectivity index (χ4v) is 6.88.